The molecule has 2 N–H and O–H groups in total. The van der Waals surface area contributed by atoms with Crippen molar-refractivity contribution < 1.29 is 0 Å². The molecule has 1 saturated carbocycles. The Kier molecular flexibility index (Phi) is 4.00. The Balaban J connectivity index is 2.46. The third-order valence-electron chi connectivity index (χ3n) is 3.70. The molecule has 0 aromatic carbocycles. The summed E-state index contributed by atoms with van der Waals surface area (Å²) in [7, 11) is 0. The van der Waals surface area contributed by atoms with Gasteiger partial charge in [-0.2, -0.15) is 0 Å². The maximum absolute atomic E-state index is 6.26. The lowest BCUT2D eigenvalue weighted by atomic mass is 9.78. The molecule has 0 radical (unpaired) electrons. The van der Waals surface area contributed by atoms with Gasteiger partial charge in [-0.25, -0.2) is 0 Å². The highest BCUT2D eigenvalue weighted by molar-refractivity contribution is 4.81. The molecule has 0 aromatic heterocycles. The van der Waals surface area contributed by atoms with Crippen molar-refractivity contribution in [3.8, 4) is 0 Å². The fourth-order valence-electron chi connectivity index (χ4n) is 2.53. The van der Waals surface area contributed by atoms with E-state index in [9.17, 15) is 0 Å². The van der Waals surface area contributed by atoms with Crippen LogP contribution in [0.2, 0.25) is 0 Å². The average molecular weight is 197 g/mol. The zero-order valence-electron chi connectivity index (χ0n) is 10.2. The summed E-state index contributed by atoms with van der Waals surface area (Å²) in [6.45, 7) is 7.03. The van der Waals surface area contributed by atoms with Gasteiger partial charge in [-0.1, -0.05) is 39.5 Å². The highest BCUT2D eigenvalue weighted by Crippen LogP contribution is 2.33. The second-order valence-corrected chi connectivity index (χ2v) is 6.23. The number of hydrogen-bond donors (Lipinski definition) is 1. The normalized spacial score (nSPS) is 35.1. The fraction of sp³-hybridized carbons (Fsp3) is 1.00. The predicted molar refractivity (Wildman–Crippen MR) is 63.3 cm³/mol. The molecule has 1 atom stereocenters. The summed E-state index contributed by atoms with van der Waals surface area (Å²) < 4.78 is 0. The SMILES string of the molecule is CC1(C)CCCCCC(C)(N)CCC1. The summed E-state index contributed by atoms with van der Waals surface area (Å²) in [4.78, 5) is 0. The first-order valence-corrected chi connectivity index (χ1v) is 6.20. The molecule has 0 aromatic rings. The third kappa shape index (κ3) is 4.45. The van der Waals surface area contributed by atoms with E-state index in [4.69, 9.17) is 5.73 Å². The zero-order valence-corrected chi connectivity index (χ0v) is 10.2. The van der Waals surface area contributed by atoms with Gasteiger partial charge in [0.15, 0.2) is 0 Å². The fourth-order valence-corrected chi connectivity index (χ4v) is 2.53. The summed E-state index contributed by atoms with van der Waals surface area (Å²) in [5.41, 5.74) is 6.91. The minimum absolute atomic E-state index is 0.105. The van der Waals surface area contributed by atoms with Gasteiger partial charge in [-0.3, -0.25) is 0 Å². The van der Waals surface area contributed by atoms with Crippen LogP contribution in [0.3, 0.4) is 0 Å². The number of nitrogens with two attached hydrogens (primary N) is 1. The van der Waals surface area contributed by atoms with E-state index in [-0.39, 0.29) is 5.54 Å². The third-order valence-corrected chi connectivity index (χ3v) is 3.70. The highest BCUT2D eigenvalue weighted by atomic mass is 14.7. The van der Waals surface area contributed by atoms with Crippen molar-refractivity contribution in [1.29, 1.82) is 0 Å². The van der Waals surface area contributed by atoms with Gasteiger partial charge in [-0.15, -0.1) is 0 Å². The first-order valence-electron chi connectivity index (χ1n) is 6.20. The molecule has 0 amide bonds. The van der Waals surface area contributed by atoms with Crippen LogP contribution < -0.4 is 5.73 Å². The van der Waals surface area contributed by atoms with Gasteiger partial charge in [0.25, 0.3) is 0 Å². The molecule has 0 bridgehead atoms. The molecule has 0 heterocycles. The molecule has 0 spiro atoms. The van der Waals surface area contributed by atoms with E-state index in [2.05, 4.69) is 20.8 Å². The molecule has 1 heteroatoms. The molecular formula is C13H27N. The van der Waals surface area contributed by atoms with Crippen molar-refractivity contribution in [2.45, 2.75) is 77.7 Å². The van der Waals surface area contributed by atoms with Crippen LogP contribution in [-0.2, 0) is 0 Å². The molecule has 1 rings (SSSR count). The van der Waals surface area contributed by atoms with E-state index in [0.29, 0.717) is 5.41 Å². The van der Waals surface area contributed by atoms with E-state index in [1.165, 1.54) is 51.4 Å². The molecule has 0 saturated heterocycles. The minimum atomic E-state index is 0.105. The van der Waals surface area contributed by atoms with Gasteiger partial charge in [0.05, 0.1) is 0 Å². The molecule has 84 valence electrons. The summed E-state index contributed by atoms with van der Waals surface area (Å²) in [6, 6.07) is 0. The summed E-state index contributed by atoms with van der Waals surface area (Å²) in [5, 5.41) is 0. The van der Waals surface area contributed by atoms with Crippen molar-refractivity contribution in [2.75, 3.05) is 0 Å². The maximum atomic E-state index is 6.26. The number of hydrogen-bond acceptors (Lipinski definition) is 1. The van der Waals surface area contributed by atoms with Crippen LogP contribution in [0.1, 0.15) is 72.1 Å². The molecular weight excluding hydrogens is 170 g/mol. The predicted octanol–water partition coefficient (Wildman–Crippen LogP) is 3.86. The first-order chi connectivity index (χ1) is 6.41. The lowest BCUT2D eigenvalue weighted by Crippen LogP contribution is -2.36. The molecule has 1 unspecified atom stereocenters. The van der Waals surface area contributed by atoms with Crippen LogP contribution in [0.25, 0.3) is 0 Å². The van der Waals surface area contributed by atoms with Gasteiger partial charge in [-0.05, 0) is 38.0 Å². The van der Waals surface area contributed by atoms with Crippen LogP contribution in [-0.4, -0.2) is 5.54 Å². The lowest BCUT2D eigenvalue weighted by Gasteiger charge is -2.31. The van der Waals surface area contributed by atoms with Crippen LogP contribution in [0.5, 0.6) is 0 Å². The van der Waals surface area contributed by atoms with Crippen LogP contribution >= 0.6 is 0 Å². The minimum Gasteiger partial charge on any atom is -0.325 e. The second-order valence-electron chi connectivity index (χ2n) is 6.23. The Labute approximate surface area is 89.5 Å². The monoisotopic (exact) mass is 197 g/mol. The van der Waals surface area contributed by atoms with E-state index >= 15 is 0 Å². The topological polar surface area (TPSA) is 26.0 Å². The Morgan fingerprint density at radius 2 is 1.21 bits per heavy atom. The van der Waals surface area contributed by atoms with Crippen molar-refractivity contribution in [3.63, 3.8) is 0 Å². The zero-order chi connectivity index (χ0) is 10.7. The van der Waals surface area contributed by atoms with E-state index < -0.39 is 0 Å². The Morgan fingerprint density at radius 1 is 0.714 bits per heavy atom. The summed E-state index contributed by atoms with van der Waals surface area (Å²) >= 11 is 0. The van der Waals surface area contributed by atoms with Gasteiger partial charge >= 0.3 is 0 Å². The molecule has 0 aliphatic heterocycles. The van der Waals surface area contributed by atoms with E-state index in [0.717, 1.165) is 0 Å². The highest BCUT2D eigenvalue weighted by Gasteiger charge is 2.23. The number of rotatable bonds is 0. The first kappa shape index (κ1) is 12.0. The smallest absolute Gasteiger partial charge is 0.0125 e. The lowest BCUT2D eigenvalue weighted by molar-refractivity contribution is 0.249. The average Bonchev–Trinajstić information content (AvgIpc) is 2.01. The Bertz CT molecular complexity index is 152. The summed E-state index contributed by atoms with van der Waals surface area (Å²) in [5.74, 6) is 0. The maximum Gasteiger partial charge on any atom is 0.0125 e. The van der Waals surface area contributed by atoms with Gasteiger partial charge < -0.3 is 5.73 Å². The van der Waals surface area contributed by atoms with Crippen LogP contribution in [0, 0.1) is 5.41 Å². The van der Waals surface area contributed by atoms with Gasteiger partial charge in [0, 0.05) is 5.54 Å². The largest absolute Gasteiger partial charge is 0.325 e. The molecule has 1 nitrogen and oxygen atoms in total. The van der Waals surface area contributed by atoms with Crippen molar-refractivity contribution in [1.82, 2.24) is 0 Å². The summed E-state index contributed by atoms with van der Waals surface area (Å²) in [6.07, 6.45) is 10.6. The molecule has 1 aliphatic rings. The Morgan fingerprint density at radius 3 is 1.93 bits per heavy atom. The van der Waals surface area contributed by atoms with Crippen LogP contribution in [0.4, 0.5) is 0 Å². The standard InChI is InChI=1S/C13H27N/c1-12(2)8-5-4-6-10-13(3,14)11-7-9-12/h4-11,14H2,1-3H3. The van der Waals surface area contributed by atoms with Crippen molar-refractivity contribution in [2.24, 2.45) is 11.1 Å². The molecule has 14 heavy (non-hydrogen) atoms. The van der Waals surface area contributed by atoms with Crippen molar-refractivity contribution in [3.05, 3.63) is 0 Å². The quantitative estimate of drug-likeness (QED) is 0.627. The van der Waals surface area contributed by atoms with E-state index in [1.54, 1.807) is 0 Å². The van der Waals surface area contributed by atoms with Gasteiger partial charge in [0.2, 0.25) is 0 Å². The Hall–Kier alpha value is -0.0400. The van der Waals surface area contributed by atoms with E-state index in [1.807, 2.05) is 0 Å². The van der Waals surface area contributed by atoms with Gasteiger partial charge in [0.1, 0.15) is 0 Å². The van der Waals surface area contributed by atoms with Crippen molar-refractivity contribution >= 4 is 0 Å². The van der Waals surface area contributed by atoms with Crippen LogP contribution in [0.15, 0.2) is 0 Å². The molecule has 1 fully saturated rings. The molecule has 1 aliphatic carbocycles. The second kappa shape index (κ2) is 4.65.